The molecular formula is C22H21NO5S. The lowest BCUT2D eigenvalue weighted by Gasteiger charge is -2.17. The van der Waals surface area contributed by atoms with Crippen molar-refractivity contribution in [3.8, 4) is 16.2 Å². The zero-order valence-corrected chi connectivity index (χ0v) is 17.0. The van der Waals surface area contributed by atoms with E-state index in [0.717, 1.165) is 36.1 Å². The molecule has 0 radical (unpaired) electrons. The number of hydrogen-bond acceptors (Lipinski definition) is 5. The van der Waals surface area contributed by atoms with Gasteiger partial charge in [-0.1, -0.05) is 0 Å². The first-order valence-electron chi connectivity index (χ1n) is 9.68. The van der Waals surface area contributed by atoms with Crippen molar-refractivity contribution < 1.29 is 19.4 Å². The number of carboxylic acid groups (broad SMARTS) is 1. The maximum absolute atomic E-state index is 12.8. The topological polar surface area (TPSA) is 77.8 Å². The molecule has 2 heterocycles. The van der Waals surface area contributed by atoms with Crippen LogP contribution in [0.4, 0.5) is 0 Å². The number of ether oxygens (including phenoxy) is 2. The van der Waals surface area contributed by atoms with Crippen LogP contribution in [0.15, 0.2) is 29.2 Å². The van der Waals surface area contributed by atoms with Gasteiger partial charge in [0.1, 0.15) is 5.56 Å². The fourth-order valence-corrected chi connectivity index (χ4v) is 5.57. The fraction of sp³-hybridized carbons (Fsp3) is 0.364. The Morgan fingerprint density at radius 2 is 2.03 bits per heavy atom. The Balaban J connectivity index is 1.77. The van der Waals surface area contributed by atoms with Gasteiger partial charge in [-0.2, -0.15) is 0 Å². The highest BCUT2D eigenvalue weighted by molar-refractivity contribution is 7.15. The highest BCUT2D eigenvalue weighted by Gasteiger charge is 2.30. The number of carboxylic acids is 1. The summed E-state index contributed by atoms with van der Waals surface area (Å²) >= 11 is 1.73. The zero-order valence-electron chi connectivity index (χ0n) is 16.2. The lowest BCUT2D eigenvalue weighted by molar-refractivity contribution is 0.0695. The van der Waals surface area contributed by atoms with E-state index in [2.05, 4.69) is 6.07 Å². The predicted octanol–water partition coefficient (Wildman–Crippen LogP) is 4.41. The summed E-state index contributed by atoms with van der Waals surface area (Å²) in [6.45, 7) is 0. The number of fused-ring (bicyclic) bond motifs is 2. The summed E-state index contributed by atoms with van der Waals surface area (Å²) in [6, 6.07) is 5.97. The van der Waals surface area contributed by atoms with Crippen LogP contribution in [0.1, 0.15) is 52.2 Å². The van der Waals surface area contributed by atoms with Crippen LogP contribution in [0.5, 0.6) is 5.75 Å². The molecule has 6 nitrogen and oxygen atoms in total. The number of aromatic carboxylic acids is 1. The van der Waals surface area contributed by atoms with E-state index in [1.165, 1.54) is 16.6 Å². The number of aromatic nitrogens is 1. The molecule has 3 aromatic rings. The van der Waals surface area contributed by atoms with Gasteiger partial charge in [-0.05, 0) is 49.4 Å². The number of carbonyl (C=O) groups is 1. The summed E-state index contributed by atoms with van der Waals surface area (Å²) in [5.74, 6) is -0.577. The quantitative estimate of drug-likeness (QED) is 0.673. The van der Waals surface area contributed by atoms with Crippen molar-refractivity contribution in [2.45, 2.75) is 37.8 Å². The first-order chi connectivity index (χ1) is 14.0. The van der Waals surface area contributed by atoms with Gasteiger partial charge in [-0.15, -0.1) is 11.3 Å². The van der Waals surface area contributed by atoms with Gasteiger partial charge in [0.25, 0.3) is 0 Å². The monoisotopic (exact) mass is 411 g/mol. The standard InChI is InChI=1S/C22H21NO5S/c1-27-16-7-8-17-14(16)9-18(29-17)12-5-6-13-19(21(12)28-2)23(11-3-4-11)10-15(20(13)24)22(25)26/h5-6,9-11,16H,3-4,7-8H2,1-2H3,(H,25,26). The predicted molar refractivity (Wildman–Crippen MR) is 111 cm³/mol. The molecule has 1 aromatic carbocycles. The number of nitrogens with zero attached hydrogens (tertiary/aromatic N) is 1. The molecule has 0 spiro atoms. The van der Waals surface area contributed by atoms with E-state index in [-0.39, 0.29) is 17.7 Å². The Labute approximate surface area is 171 Å². The Hall–Kier alpha value is -2.64. The van der Waals surface area contributed by atoms with Crippen molar-refractivity contribution in [2.75, 3.05) is 14.2 Å². The van der Waals surface area contributed by atoms with Crippen LogP contribution in [0.3, 0.4) is 0 Å². The SMILES string of the molecule is COc1c(-c2cc3c(s2)CCC3OC)ccc2c(=O)c(C(=O)O)cn(C3CC3)c12. The van der Waals surface area contributed by atoms with Crippen molar-refractivity contribution in [1.29, 1.82) is 0 Å². The van der Waals surface area contributed by atoms with Crippen molar-refractivity contribution >= 4 is 28.2 Å². The molecule has 150 valence electrons. The molecule has 1 N–H and O–H groups in total. The molecule has 2 aromatic heterocycles. The lowest BCUT2D eigenvalue weighted by atomic mass is 10.0. The first kappa shape index (κ1) is 18.4. The highest BCUT2D eigenvalue weighted by atomic mass is 32.1. The molecule has 0 amide bonds. The van der Waals surface area contributed by atoms with Crippen LogP contribution < -0.4 is 10.2 Å². The molecule has 7 heteroatoms. The van der Waals surface area contributed by atoms with Crippen LogP contribution in [0.25, 0.3) is 21.3 Å². The summed E-state index contributed by atoms with van der Waals surface area (Å²) in [7, 11) is 3.34. The smallest absolute Gasteiger partial charge is 0.341 e. The molecular weight excluding hydrogens is 390 g/mol. The van der Waals surface area contributed by atoms with Gasteiger partial charge >= 0.3 is 5.97 Å². The summed E-state index contributed by atoms with van der Waals surface area (Å²) in [5.41, 5.74) is 2.17. The largest absolute Gasteiger partial charge is 0.494 e. The van der Waals surface area contributed by atoms with Crippen molar-refractivity contribution in [2.24, 2.45) is 0 Å². The lowest BCUT2D eigenvalue weighted by Crippen LogP contribution is -2.19. The second kappa shape index (κ2) is 6.71. The summed E-state index contributed by atoms with van der Waals surface area (Å²) in [6.07, 6.45) is 5.55. The van der Waals surface area contributed by atoms with Crippen molar-refractivity contribution in [3.05, 3.63) is 50.6 Å². The van der Waals surface area contributed by atoms with Gasteiger partial charge < -0.3 is 19.1 Å². The van der Waals surface area contributed by atoms with Gasteiger partial charge in [-0.25, -0.2) is 4.79 Å². The summed E-state index contributed by atoms with van der Waals surface area (Å²) < 4.78 is 13.3. The third-order valence-corrected chi connectivity index (χ3v) is 7.14. The molecule has 0 aliphatic heterocycles. The van der Waals surface area contributed by atoms with E-state index in [4.69, 9.17) is 9.47 Å². The van der Waals surface area contributed by atoms with E-state index in [9.17, 15) is 14.7 Å². The number of pyridine rings is 1. The van der Waals surface area contributed by atoms with Crippen LogP contribution in [0.2, 0.25) is 0 Å². The van der Waals surface area contributed by atoms with Gasteiger partial charge in [0.2, 0.25) is 5.43 Å². The normalized spacial score (nSPS) is 18.2. The van der Waals surface area contributed by atoms with Crippen LogP contribution in [-0.4, -0.2) is 29.9 Å². The van der Waals surface area contributed by atoms with Gasteiger partial charge in [-0.3, -0.25) is 4.79 Å². The molecule has 0 bridgehead atoms. The van der Waals surface area contributed by atoms with E-state index in [1.54, 1.807) is 31.6 Å². The summed E-state index contributed by atoms with van der Waals surface area (Å²) in [4.78, 5) is 26.8. The number of aryl methyl sites for hydroxylation is 1. The number of benzene rings is 1. The van der Waals surface area contributed by atoms with E-state index >= 15 is 0 Å². The molecule has 5 rings (SSSR count). The molecule has 2 aliphatic rings. The first-order valence-corrected chi connectivity index (χ1v) is 10.5. The number of thiophene rings is 1. The molecule has 2 aliphatic carbocycles. The second-order valence-corrected chi connectivity index (χ2v) is 8.75. The second-order valence-electron chi connectivity index (χ2n) is 7.61. The van der Waals surface area contributed by atoms with E-state index in [0.29, 0.717) is 16.7 Å². The number of rotatable bonds is 5. The Morgan fingerprint density at radius 1 is 1.24 bits per heavy atom. The fourth-order valence-electron chi connectivity index (χ4n) is 4.32. The van der Waals surface area contributed by atoms with Crippen LogP contribution >= 0.6 is 11.3 Å². The zero-order chi connectivity index (χ0) is 20.3. The number of methoxy groups -OCH3 is 2. The summed E-state index contributed by atoms with van der Waals surface area (Å²) in [5, 5.41) is 9.86. The Bertz CT molecular complexity index is 1200. The van der Waals surface area contributed by atoms with Crippen molar-refractivity contribution in [3.63, 3.8) is 0 Å². The van der Waals surface area contributed by atoms with E-state index in [1.807, 2.05) is 10.6 Å². The molecule has 29 heavy (non-hydrogen) atoms. The third kappa shape index (κ3) is 2.80. The van der Waals surface area contributed by atoms with Gasteiger partial charge in [0, 0.05) is 34.7 Å². The van der Waals surface area contributed by atoms with Crippen molar-refractivity contribution in [1.82, 2.24) is 4.57 Å². The average molecular weight is 411 g/mol. The van der Waals surface area contributed by atoms with Gasteiger partial charge in [0.15, 0.2) is 5.75 Å². The minimum absolute atomic E-state index is 0.129. The Morgan fingerprint density at radius 3 is 2.69 bits per heavy atom. The van der Waals surface area contributed by atoms with Crippen LogP contribution in [-0.2, 0) is 11.2 Å². The number of hydrogen-bond donors (Lipinski definition) is 1. The minimum atomic E-state index is -1.20. The Kier molecular flexibility index (Phi) is 4.26. The maximum Gasteiger partial charge on any atom is 0.341 e. The van der Waals surface area contributed by atoms with Gasteiger partial charge in [0.05, 0.1) is 24.1 Å². The molecule has 1 saturated carbocycles. The van der Waals surface area contributed by atoms with E-state index < -0.39 is 11.4 Å². The molecule has 1 fully saturated rings. The third-order valence-electron chi connectivity index (χ3n) is 5.89. The maximum atomic E-state index is 12.8. The molecule has 0 saturated heterocycles. The average Bonchev–Trinajstić information content (AvgIpc) is 3.35. The molecule has 1 unspecified atom stereocenters. The van der Waals surface area contributed by atoms with Crippen LogP contribution in [0, 0.1) is 0 Å². The molecule has 1 atom stereocenters. The minimum Gasteiger partial charge on any atom is -0.494 e. The highest BCUT2D eigenvalue weighted by Crippen LogP contribution is 2.47.